The number of aliphatic hydroxyl groups is 1. The van der Waals surface area contributed by atoms with Crippen LogP contribution in [0.25, 0.3) is 0 Å². The number of aliphatic hydroxyl groups excluding tert-OH is 1. The maximum absolute atomic E-state index is 12.7. The molecule has 0 aliphatic rings. The summed E-state index contributed by atoms with van der Waals surface area (Å²) in [7, 11) is 1.56. The maximum Gasteiger partial charge on any atom is 0.254 e. The van der Waals surface area contributed by atoms with Crippen LogP contribution < -0.4 is 0 Å². The summed E-state index contributed by atoms with van der Waals surface area (Å²) in [5, 5.41) is 8.88. The Morgan fingerprint density at radius 2 is 2.40 bits per heavy atom. The second-order valence-corrected chi connectivity index (χ2v) is 3.31. The predicted octanol–water partition coefficient (Wildman–Crippen LogP) is 0.673. The van der Waals surface area contributed by atoms with Crippen molar-refractivity contribution in [2.45, 2.75) is 13.0 Å². The molecule has 1 atom stereocenters. The fourth-order valence-corrected chi connectivity index (χ4v) is 1.06. The number of rotatable bonds is 3. The minimum absolute atomic E-state index is 0.129. The Morgan fingerprint density at radius 3 is 2.93 bits per heavy atom. The van der Waals surface area contributed by atoms with E-state index in [1.54, 1.807) is 14.0 Å². The second kappa shape index (κ2) is 4.84. The molecule has 0 saturated carbocycles. The lowest BCUT2D eigenvalue weighted by Crippen LogP contribution is -2.37. The third-order valence-electron chi connectivity index (χ3n) is 2.22. The van der Waals surface area contributed by atoms with Gasteiger partial charge in [-0.15, -0.1) is 0 Å². The van der Waals surface area contributed by atoms with E-state index < -0.39 is 5.95 Å². The molecule has 0 spiro atoms. The Morgan fingerprint density at radius 1 is 1.73 bits per heavy atom. The van der Waals surface area contributed by atoms with Crippen LogP contribution >= 0.6 is 0 Å². The van der Waals surface area contributed by atoms with Gasteiger partial charge in [0, 0.05) is 24.9 Å². The van der Waals surface area contributed by atoms with E-state index in [4.69, 9.17) is 5.11 Å². The molecule has 0 saturated heterocycles. The van der Waals surface area contributed by atoms with Crippen LogP contribution in [0, 0.1) is 5.95 Å². The van der Waals surface area contributed by atoms with E-state index in [1.165, 1.54) is 17.2 Å². The third kappa shape index (κ3) is 2.73. The minimum atomic E-state index is -0.689. The molecule has 15 heavy (non-hydrogen) atoms. The van der Waals surface area contributed by atoms with E-state index in [0.29, 0.717) is 0 Å². The Kier molecular flexibility index (Phi) is 3.74. The zero-order valence-corrected chi connectivity index (χ0v) is 8.64. The van der Waals surface area contributed by atoms with Crippen molar-refractivity contribution in [1.29, 1.82) is 0 Å². The molecule has 1 amide bonds. The molecular weight excluding hydrogens is 199 g/mol. The molecule has 0 fully saturated rings. The highest BCUT2D eigenvalue weighted by molar-refractivity contribution is 5.94. The van der Waals surface area contributed by atoms with Crippen LogP contribution in [-0.2, 0) is 0 Å². The van der Waals surface area contributed by atoms with E-state index in [2.05, 4.69) is 4.98 Å². The molecule has 5 heteroatoms. The van der Waals surface area contributed by atoms with Crippen LogP contribution in [0.2, 0.25) is 0 Å². The summed E-state index contributed by atoms with van der Waals surface area (Å²) in [6, 6.07) is 2.21. The van der Waals surface area contributed by atoms with E-state index in [1.807, 2.05) is 0 Å². The molecule has 1 N–H and O–H groups in total. The van der Waals surface area contributed by atoms with Crippen molar-refractivity contribution >= 4 is 5.91 Å². The summed E-state index contributed by atoms with van der Waals surface area (Å²) in [6.07, 6.45) is 1.24. The van der Waals surface area contributed by atoms with Gasteiger partial charge in [0.25, 0.3) is 5.91 Å². The molecule has 4 nitrogen and oxygen atoms in total. The molecule has 1 aromatic rings. The first-order valence-corrected chi connectivity index (χ1v) is 4.56. The number of carbonyl (C=O) groups is 1. The lowest BCUT2D eigenvalue weighted by atomic mass is 10.2. The number of hydrogen-bond acceptors (Lipinski definition) is 3. The van der Waals surface area contributed by atoms with Gasteiger partial charge in [0.1, 0.15) is 0 Å². The molecular formula is C10H13FN2O2. The Bertz CT molecular complexity index is 357. The molecule has 1 unspecified atom stereocenters. The minimum Gasteiger partial charge on any atom is -0.394 e. The summed E-state index contributed by atoms with van der Waals surface area (Å²) in [6.45, 7) is 1.57. The highest BCUT2D eigenvalue weighted by Crippen LogP contribution is 2.06. The third-order valence-corrected chi connectivity index (χ3v) is 2.22. The molecule has 0 bridgehead atoms. The SMILES string of the molecule is CC(CO)N(C)C(=O)c1ccnc(F)c1. The van der Waals surface area contributed by atoms with Crippen LogP contribution in [0.1, 0.15) is 17.3 Å². The van der Waals surface area contributed by atoms with Gasteiger partial charge in [-0.3, -0.25) is 4.79 Å². The van der Waals surface area contributed by atoms with Gasteiger partial charge in [-0.2, -0.15) is 4.39 Å². The van der Waals surface area contributed by atoms with E-state index in [9.17, 15) is 9.18 Å². The molecule has 82 valence electrons. The molecule has 0 aliphatic heterocycles. The topological polar surface area (TPSA) is 53.4 Å². The van der Waals surface area contributed by atoms with Crippen molar-refractivity contribution in [3.8, 4) is 0 Å². The van der Waals surface area contributed by atoms with E-state index in [-0.39, 0.29) is 24.1 Å². The molecule has 0 aliphatic carbocycles. The highest BCUT2D eigenvalue weighted by atomic mass is 19.1. The van der Waals surface area contributed by atoms with E-state index >= 15 is 0 Å². The van der Waals surface area contributed by atoms with Crippen LogP contribution in [0.4, 0.5) is 4.39 Å². The van der Waals surface area contributed by atoms with Crippen molar-refractivity contribution in [3.05, 3.63) is 29.8 Å². The van der Waals surface area contributed by atoms with Gasteiger partial charge in [-0.25, -0.2) is 4.98 Å². The number of aromatic nitrogens is 1. The zero-order valence-electron chi connectivity index (χ0n) is 8.64. The summed E-state index contributed by atoms with van der Waals surface area (Å²) in [5.74, 6) is -1.02. The molecule has 1 rings (SSSR count). The van der Waals surface area contributed by atoms with Crippen molar-refractivity contribution < 1.29 is 14.3 Å². The number of likely N-dealkylation sites (N-methyl/N-ethyl adjacent to an activating group) is 1. The highest BCUT2D eigenvalue weighted by Gasteiger charge is 2.17. The fraction of sp³-hybridized carbons (Fsp3) is 0.400. The summed E-state index contributed by atoms with van der Waals surface area (Å²) in [5.41, 5.74) is 0.227. The largest absolute Gasteiger partial charge is 0.394 e. The number of hydrogen-bond donors (Lipinski definition) is 1. The monoisotopic (exact) mass is 212 g/mol. The first kappa shape index (κ1) is 11.6. The predicted molar refractivity (Wildman–Crippen MR) is 52.8 cm³/mol. The Hall–Kier alpha value is -1.49. The summed E-state index contributed by atoms with van der Waals surface area (Å²) in [4.78, 5) is 16.4. The first-order chi connectivity index (χ1) is 7.06. The second-order valence-electron chi connectivity index (χ2n) is 3.31. The lowest BCUT2D eigenvalue weighted by molar-refractivity contribution is 0.0681. The fourth-order valence-electron chi connectivity index (χ4n) is 1.06. The van der Waals surface area contributed by atoms with Gasteiger partial charge in [-0.05, 0) is 13.0 Å². The van der Waals surface area contributed by atoms with Crippen molar-refractivity contribution in [2.75, 3.05) is 13.7 Å². The standard InChI is InChI=1S/C10H13FN2O2/c1-7(6-14)13(2)10(15)8-3-4-12-9(11)5-8/h3-5,7,14H,6H2,1-2H3. The lowest BCUT2D eigenvalue weighted by Gasteiger charge is -2.23. The van der Waals surface area contributed by atoms with Crippen molar-refractivity contribution in [2.24, 2.45) is 0 Å². The van der Waals surface area contributed by atoms with Crippen LogP contribution in [-0.4, -0.2) is 40.6 Å². The Balaban J connectivity index is 2.85. The number of carbonyl (C=O) groups excluding carboxylic acids is 1. The van der Waals surface area contributed by atoms with Crippen LogP contribution in [0.15, 0.2) is 18.3 Å². The van der Waals surface area contributed by atoms with Gasteiger partial charge in [-0.1, -0.05) is 0 Å². The van der Waals surface area contributed by atoms with Gasteiger partial charge in [0.05, 0.1) is 12.6 Å². The molecule has 1 heterocycles. The van der Waals surface area contributed by atoms with Gasteiger partial charge >= 0.3 is 0 Å². The maximum atomic E-state index is 12.7. The van der Waals surface area contributed by atoms with Gasteiger partial charge in [0.2, 0.25) is 5.95 Å². The molecule has 0 radical (unpaired) electrons. The average Bonchev–Trinajstić information content (AvgIpc) is 2.26. The summed E-state index contributed by atoms with van der Waals surface area (Å²) >= 11 is 0. The Labute approximate surface area is 87.4 Å². The normalized spacial score (nSPS) is 12.3. The first-order valence-electron chi connectivity index (χ1n) is 4.56. The number of pyridine rings is 1. The van der Waals surface area contributed by atoms with Crippen LogP contribution in [0.3, 0.4) is 0 Å². The van der Waals surface area contributed by atoms with Gasteiger partial charge in [0.15, 0.2) is 0 Å². The number of halogens is 1. The zero-order chi connectivity index (χ0) is 11.4. The molecule has 0 aromatic carbocycles. The van der Waals surface area contributed by atoms with Crippen molar-refractivity contribution in [3.63, 3.8) is 0 Å². The molecule has 1 aromatic heterocycles. The average molecular weight is 212 g/mol. The number of amides is 1. The van der Waals surface area contributed by atoms with E-state index in [0.717, 1.165) is 6.07 Å². The van der Waals surface area contributed by atoms with Gasteiger partial charge < -0.3 is 10.0 Å². The van der Waals surface area contributed by atoms with Crippen molar-refractivity contribution in [1.82, 2.24) is 9.88 Å². The summed E-state index contributed by atoms with van der Waals surface area (Å²) < 4.78 is 12.7. The smallest absolute Gasteiger partial charge is 0.254 e. The van der Waals surface area contributed by atoms with Crippen LogP contribution in [0.5, 0.6) is 0 Å². The number of nitrogens with zero attached hydrogens (tertiary/aromatic N) is 2. The quantitative estimate of drug-likeness (QED) is 0.749.